The quantitative estimate of drug-likeness (QED) is 0.862. The van der Waals surface area contributed by atoms with Crippen molar-refractivity contribution < 1.29 is 9.15 Å². The Morgan fingerprint density at radius 1 is 1.44 bits per heavy atom. The summed E-state index contributed by atoms with van der Waals surface area (Å²) in [5.74, 6) is 1.68. The van der Waals surface area contributed by atoms with Crippen LogP contribution in [0.3, 0.4) is 0 Å². The van der Waals surface area contributed by atoms with E-state index in [9.17, 15) is 0 Å². The van der Waals surface area contributed by atoms with Crippen molar-refractivity contribution in [3.05, 3.63) is 23.6 Å². The fourth-order valence-corrected chi connectivity index (χ4v) is 1.59. The number of aromatic nitrogens is 1. The summed E-state index contributed by atoms with van der Waals surface area (Å²) >= 11 is 0. The third-order valence-electron chi connectivity index (χ3n) is 2.48. The maximum Gasteiger partial charge on any atom is 0.198 e. The Morgan fingerprint density at radius 2 is 2.19 bits per heavy atom. The van der Waals surface area contributed by atoms with Crippen molar-refractivity contribution in [3.8, 4) is 5.75 Å². The number of hydrogen-bond acceptors (Lipinski definition) is 4. The lowest BCUT2D eigenvalue weighted by Crippen LogP contribution is -1.96. The third kappa shape index (κ3) is 1.76. The maximum atomic E-state index is 5.67. The van der Waals surface area contributed by atoms with Crippen LogP contribution in [-0.2, 0) is 6.54 Å². The van der Waals surface area contributed by atoms with Crippen LogP contribution in [0.1, 0.15) is 31.2 Å². The predicted molar refractivity (Wildman–Crippen MR) is 62.5 cm³/mol. The Morgan fingerprint density at radius 3 is 2.75 bits per heavy atom. The largest absolute Gasteiger partial charge is 0.493 e. The highest BCUT2D eigenvalue weighted by Gasteiger charge is 2.14. The average Bonchev–Trinajstić information content (AvgIpc) is 2.71. The molecule has 86 valence electrons. The van der Waals surface area contributed by atoms with Gasteiger partial charge in [-0.3, -0.25) is 0 Å². The molecule has 4 heteroatoms. The molecule has 0 aliphatic heterocycles. The summed E-state index contributed by atoms with van der Waals surface area (Å²) in [6.45, 7) is 4.55. The molecule has 0 saturated heterocycles. The van der Waals surface area contributed by atoms with Crippen LogP contribution in [0.25, 0.3) is 11.1 Å². The molecular weight excluding hydrogens is 204 g/mol. The standard InChI is InChI=1S/C12H16N2O2/c1-7(2)12-14-9-4-8(6-13)5-10(15-3)11(9)16-12/h4-5,7H,6,13H2,1-3H3. The van der Waals surface area contributed by atoms with Gasteiger partial charge in [-0.05, 0) is 17.7 Å². The van der Waals surface area contributed by atoms with E-state index >= 15 is 0 Å². The number of benzene rings is 1. The Balaban J connectivity index is 2.65. The van der Waals surface area contributed by atoms with Crippen molar-refractivity contribution >= 4 is 11.1 Å². The van der Waals surface area contributed by atoms with E-state index in [-0.39, 0.29) is 5.92 Å². The van der Waals surface area contributed by atoms with Crippen LogP contribution in [0, 0.1) is 0 Å². The lowest BCUT2D eigenvalue weighted by molar-refractivity contribution is 0.404. The summed E-state index contributed by atoms with van der Waals surface area (Å²) in [5, 5.41) is 0. The van der Waals surface area contributed by atoms with Gasteiger partial charge in [0, 0.05) is 12.5 Å². The molecule has 0 unspecified atom stereocenters. The molecule has 2 N–H and O–H groups in total. The highest BCUT2D eigenvalue weighted by molar-refractivity contribution is 5.80. The molecular formula is C12H16N2O2. The van der Waals surface area contributed by atoms with Gasteiger partial charge in [-0.25, -0.2) is 4.98 Å². The van der Waals surface area contributed by atoms with Crippen molar-refractivity contribution in [1.82, 2.24) is 4.98 Å². The second kappa shape index (κ2) is 4.14. The Hall–Kier alpha value is -1.55. The van der Waals surface area contributed by atoms with Gasteiger partial charge >= 0.3 is 0 Å². The molecule has 4 nitrogen and oxygen atoms in total. The lowest BCUT2D eigenvalue weighted by atomic mass is 10.2. The molecule has 0 fully saturated rings. The zero-order valence-electron chi connectivity index (χ0n) is 9.78. The number of nitrogens with zero attached hydrogens (tertiary/aromatic N) is 1. The van der Waals surface area contributed by atoms with Gasteiger partial charge in [0.25, 0.3) is 0 Å². The van der Waals surface area contributed by atoms with Gasteiger partial charge in [-0.15, -0.1) is 0 Å². The molecule has 16 heavy (non-hydrogen) atoms. The van der Waals surface area contributed by atoms with E-state index in [0.29, 0.717) is 17.9 Å². The first-order chi connectivity index (χ1) is 7.65. The highest BCUT2D eigenvalue weighted by Crippen LogP contribution is 2.30. The van der Waals surface area contributed by atoms with Crippen LogP contribution >= 0.6 is 0 Å². The van der Waals surface area contributed by atoms with Gasteiger partial charge in [0.15, 0.2) is 17.2 Å². The van der Waals surface area contributed by atoms with Gasteiger partial charge in [0.05, 0.1) is 7.11 Å². The first kappa shape index (κ1) is 11.0. The first-order valence-corrected chi connectivity index (χ1v) is 5.33. The molecule has 0 radical (unpaired) electrons. The average molecular weight is 220 g/mol. The Labute approximate surface area is 94.4 Å². The number of ether oxygens (including phenoxy) is 1. The summed E-state index contributed by atoms with van der Waals surface area (Å²) in [6.07, 6.45) is 0. The van der Waals surface area contributed by atoms with Crippen LogP contribution in [0.4, 0.5) is 0 Å². The smallest absolute Gasteiger partial charge is 0.198 e. The van der Waals surface area contributed by atoms with Crippen LogP contribution in [0.5, 0.6) is 5.75 Å². The molecule has 0 bridgehead atoms. The Kier molecular flexibility index (Phi) is 2.83. The molecule has 0 amide bonds. The zero-order valence-corrected chi connectivity index (χ0v) is 9.78. The minimum Gasteiger partial charge on any atom is -0.493 e. The summed E-state index contributed by atoms with van der Waals surface area (Å²) < 4.78 is 10.9. The van der Waals surface area contributed by atoms with Gasteiger partial charge in [0.2, 0.25) is 0 Å². The molecule has 2 rings (SSSR count). The van der Waals surface area contributed by atoms with E-state index in [2.05, 4.69) is 4.98 Å². The van der Waals surface area contributed by atoms with E-state index in [4.69, 9.17) is 14.9 Å². The fraction of sp³-hybridized carbons (Fsp3) is 0.417. The number of rotatable bonds is 3. The van der Waals surface area contributed by atoms with Crippen molar-refractivity contribution in [2.24, 2.45) is 5.73 Å². The summed E-state index contributed by atoms with van der Waals surface area (Å²) in [4.78, 5) is 4.43. The first-order valence-electron chi connectivity index (χ1n) is 5.33. The zero-order chi connectivity index (χ0) is 11.7. The minimum atomic E-state index is 0.262. The SMILES string of the molecule is COc1cc(CN)cc2nc(C(C)C)oc12. The number of nitrogens with two attached hydrogens (primary N) is 1. The normalized spacial score (nSPS) is 11.3. The fourth-order valence-electron chi connectivity index (χ4n) is 1.59. The van der Waals surface area contributed by atoms with Gasteiger partial charge in [-0.2, -0.15) is 0 Å². The second-order valence-corrected chi connectivity index (χ2v) is 4.06. The molecule has 1 heterocycles. The van der Waals surface area contributed by atoms with E-state index in [1.54, 1.807) is 7.11 Å². The molecule has 0 saturated carbocycles. The Bertz CT molecular complexity index is 503. The lowest BCUT2D eigenvalue weighted by Gasteiger charge is -2.02. The predicted octanol–water partition coefficient (Wildman–Crippen LogP) is 2.42. The van der Waals surface area contributed by atoms with Crippen LogP contribution < -0.4 is 10.5 Å². The molecule has 0 atom stereocenters. The third-order valence-corrected chi connectivity index (χ3v) is 2.48. The van der Waals surface area contributed by atoms with Crippen LogP contribution in [-0.4, -0.2) is 12.1 Å². The van der Waals surface area contributed by atoms with Gasteiger partial charge in [-0.1, -0.05) is 13.8 Å². The molecule has 0 spiro atoms. The van der Waals surface area contributed by atoms with Gasteiger partial charge in [0.1, 0.15) is 5.52 Å². The molecule has 0 aliphatic rings. The summed E-state index contributed by atoms with van der Waals surface area (Å²) in [6, 6.07) is 3.82. The molecule has 2 aromatic rings. The van der Waals surface area contributed by atoms with E-state index in [0.717, 1.165) is 17.0 Å². The van der Waals surface area contributed by atoms with Gasteiger partial charge < -0.3 is 14.9 Å². The van der Waals surface area contributed by atoms with E-state index < -0.39 is 0 Å². The van der Waals surface area contributed by atoms with Crippen molar-refractivity contribution in [1.29, 1.82) is 0 Å². The maximum absolute atomic E-state index is 5.67. The number of hydrogen-bond donors (Lipinski definition) is 1. The topological polar surface area (TPSA) is 61.3 Å². The highest BCUT2D eigenvalue weighted by atomic mass is 16.5. The van der Waals surface area contributed by atoms with E-state index in [1.807, 2.05) is 26.0 Å². The molecule has 1 aromatic heterocycles. The number of oxazole rings is 1. The number of methoxy groups -OCH3 is 1. The molecule has 1 aromatic carbocycles. The summed E-state index contributed by atoms with van der Waals surface area (Å²) in [5.41, 5.74) is 8.12. The van der Waals surface area contributed by atoms with Crippen LogP contribution in [0.15, 0.2) is 16.5 Å². The van der Waals surface area contributed by atoms with Crippen LogP contribution in [0.2, 0.25) is 0 Å². The molecule has 0 aliphatic carbocycles. The summed E-state index contributed by atoms with van der Waals surface area (Å²) in [7, 11) is 1.62. The van der Waals surface area contributed by atoms with Crippen molar-refractivity contribution in [2.45, 2.75) is 26.3 Å². The van der Waals surface area contributed by atoms with Crippen molar-refractivity contribution in [2.75, 3.05) is 7.11 Å². The van der Waals surface area contributed by atoms with E-state index in [1.165, 1.54) is 0 Å². The number of fused-ring (bicyclic) bond motifs is 1. The van der Waals surface area contributed by atoms with Crippen molar-refractivity contribution in [3.63, 3.8) is 0 Å². The minimum absolute atomic E-state index is 0.262. The second-order valence-electron chi connectivity index (χ2n) is 4.06. The monoisotopic (exact) mass is 220 g/mol.